The van der Waals surface area contributed by atoms with Crippen LogP contribution in [0.2, 0.25) is 0 Å². The summed E-state index contributed by atoms with van der Waals surface area (Å²) in [6, 6.07) is 56.5. The van der Waals surface area contributed by atoms with Crippen LogP contribution in [0.3, 0.4) is 0 Å². The number of carbonyl (C=O) groups is 19. The lowest BCUT2D eigenvalue weighted by molar-refractivity contribution is -0.191. The van der Waals surface area contributed by atoms with Crippen molar-refractivity contribution in [3.8, 4) is 5.75 Å². The number of hydrogen-bond acceptors (Lipinski definition) is 23. The van der Waals surface area contributed by atoms with E-state index in [1.54, 1.807) is 201 Å². The fraction of sp³-hybridized carbons (Fsp3) is 0.204. The Hall–Kier alpha value is -16.2. The first kappa shape index (κ1) is 97.1. The molecule has 0 bridgehead atoms. The zero-order valence-corrected chi connectivity index (χ0v) is 74.5. The lowest BCUT2D eigenvalue weighted by Gasteiger charge is -2.10. The summed E-state index contributed by atoms with van der Waals surface area (Å²) in [5, 5.41) is 11.2. The Balaban J connectivity index is 0.000000153. The topological polar surface area (TPSA) is 434 Å². The summed E-state index contributed by atoms with van der Waals surface area (Å²) in [6.07, 6.45) is 0.250. The quantitative estimate of drug-likeness (QED) is 0.0948. The lowest BCUT2D eigenvalue weighted by atomic mass is 10.0. The highest BCUT2D eigenvalue weighted by atomic mass is 79.9. The predicted molar refractivity (Wildman–Crippen MR) is 478 cm³/mol. The molecule has 10 aromatic rings. The highest BCUT2D eigenvalue weighted by Gasteiger charge is 2.42. The number of imide groups is 9. The maximum atomic E-state index is 12.0. The number of nitrogens with zero attached hydrogens (tertiary/aromatic N) is 9. The van der Waals surface area contributed by atoms with Gasteiger partial charge < -0.3 is 10.8 Å². The minimum absolute atomic E-state index is 0.00264. The summed E-state index contributed by atoms with van der Waals surface area (Å²) in [4.78, 5) is 248. The van der Waals surface area contributed by atoms with Crippen molar-refractivity contribution in [2.75, 3.05) is 64.6 Å². The van der Waals surface area contributed by atoms with Crippen molar-refractivity contribution in [3.63, 3.8) is 0 Å². The molecule has 18 amide bonds. The molecule has 33 heteroatoms. The number of phenolic OH excluding ortho intramolecular Hbond substituents is 1. The average molecular weight is 1840 g/mol. The van der Waals surface area contributed by atoms with Crippen molar-refractivity contribution in [3.05, 3.63) is 316 Å². The van der Waals surface area contributed by atoms with Crippen LogP contribution in [0, 0.1) is 13.8 Å². The Labute approximate surface area is 758 Å². The van der Waals surface area contributed by atoms with E-state index < -0.39 is 0 Å². The number of anilines is 1. The van der Waals surface area contributed by atoms with Gasteiger partial charge in [-0.05, 0) is 214 Å². The third-order valence-corrected chi connectivity index (χ3v) is 22.0. The van der Waals surface area contributed by atoms with E-state index in [-0.39, 0.29) is 136 Å². The average Bonchev–Trinajstić information content (AvgIpc) is 1.61. The third kappa shape index (κ3) is 19.7. The van der Waals surface area contributed by atoms with E-state index in [2.05, 4.69) is 15.9 Å². The second-order valence-corrected chi connectivity index (χ2v) is 30.4. The highest BCUT2D eigenvalue weighted by Crippen LogP contribution is 2.33. The number of ketones is 1. The number of Topliss-reactive ketones (excluding diaryl/α,β-unsaturated/α-hetero) is 1. The van der Waals surface area contributed by atoms with Crippen LogP contribution in [0.1, 0.15) is 260 Å². The van der Waals surface area contributed by atoms with Gasteiger partial charge in [-0.3, -0.25) is 135 Å². The summed E-state index contributed by atoms with van der Waals surface area (Å²) in [7, 11) is 0. The summed E-state index contributed by atoms with van der Waals surface area (Å²) < 4.78 is 0.815. The molecule has 0 fully saturated rings. The number of phenols is 1. The van der Waals surface area contributed by atoms with Crippen molar-refractivity contribution >= 4 is 151 Å². The van der Waals surface area contributed by atoms with Crippen LogP contribution in [0.15, 0.2) is 205 Å². The molecule has 0 radical (unpaired) electrons. The summed E-state index contributed by atoms with van der Waals surface area (Å²) in [5.41, 5.74) is 16.6. The maximum Gasteiger partial charge on any atom is 0.373 e. The molecule has 9 aliphatic rings. The van der Waals surface area contributed by atoms with E-state index >= 15 is 0 Å². The molecule has 0 aromatic heterocycles. The van der Waals surface area contributed by atoms with Gasteiger partial charge in [0, 0.05) is 62.5 Å². The number of aryl methyl sites for hydroxylation is 2. The number of hydrogen-bond donors (Lipinski definition) is 2. The number of carbonyl (C=O) groups excluding carboxylic acids is 21. The Kier molecular flexibility index (Phi) is 31.1. The van der Waals surface area contributed by atoms with Crippen molar-refractivity contribution in [1.82, 2.24) is 44.1 Å². The zero-order chi connectivity index (χ0) is 96.0. The molecule has 0 atom stereocenters. The SMILES string of the molecule is CC(=O)CN1C(=O)c2ccccc2C1=O.CCN1C(=O)c2cc3ccccc3cc2C1=O.CCN1C(=O)c2ccc(Br)cc2C1=O.CCN1C(=O)c2ccc(C)cc2C1=O.CCN1C(=O)c2ccc(C)cc2C1=O.CCN1C(=O)c2ccc(N)cc2C1=O.CCN1C(=O)c2ccc(O)cc2C1=O.CCN1C(=O)c2ccccc2C1=O.CCN1C(=O)c2ccccc2C1=O.O=C=O. The van der Waals surface area contributed by atoms with Crippen LogP contribution in [-0.4, -0.2) is 226 Å². The summed E-state index contributed by atoms with van der Waals surface area (Å²) in [6.45, 7) is 22.6. The van der Waals surface area contributed by atoms with Crippen molar-refractivity contribution in [2.45, 2.75) is 76.2 Å². The van der Waals surface area contributed by atoms with E-state index in [1.165, 1.54) is 59.4 Å². The molecule has 131 heavy (non-hydrogen) atoms. The fourth-order valence-electron chi connectivity index (χ4n) is 15.0. The molecule has 0 unspecified atom stereocenters. The molecular weight excluding hydrogens is 1750 g/mol. The van der Waals surface area contributed by atoms with Gasteiger partial charge in [0.1, 0.15) is 11.5 Å². The standard InChI is InChI=1S/C14H11NO2.C11H9NO3.2C11H11NO2.C10H8BrNO2.C10H10N2O2.C10H9NO3.2C10H9NO2.CO2/c1-2-15-13(16)11-7-9-5-3-4-6-10(9)8-12(11)14(15)17;1-7(13)6-12-10(14)8-4-2-3-5-9(8)11(12)15;2*1-3-12-10(13)8-5-4-7(2)6-9(8)11(12)14;2*1-2-12-9(13)7-4-3-6(11)5-8(7)10(12)14;1-2-11-9(13)7-4-3-6(12)5-8(7)10(11)14;2*1-2-11-9(12)7-5-3-4-6-8(7)10(11)13;2-1-3/h3-8H,2H2,1H3;2-5H,6H2,1H3;2*4-6H,3H2,1-2H3;3-5H,2H2,1H3;3-5H,2,11H2,1H3;3-5,12H,2H2,1H3;2*3-6H,2H2,1H3;. The van der Waals surface area contributed by atoms with Crippen molar-refractivity contribution < 1.29 is 106 Å². The lowest BCUT2D eigenvalue weighted by Crippen LogP contribution is -2.33. The molecule has 0 saturated carbocycles. The first-order chi connectivity index (χ1) is 62.5. The maximum absolute atomic E-state index is 12.0. The van der Waals surface area contributed by atoms with Gasteiger partial charge in [-0.25, -0.2) is 0 Å². The molecule has 9 aliphatic heterocycles. The number of nitrogens with two attached hydrogens (primary N) is 1. The first-order valence-corrected chi connectivity index (χ1v) is 42.1. The Morgan fingerprint density at radius 2 is 0.466 bits per heavy atom. The van der Waals surface area contributed by atoms with E-state index in [0.717, 1.165) is 36.2 Å². The van der Waals surface area contributed by atoms with Crippen LogP contribution in [-0.2, 0) is 14.4 Å². The first-order valence-electron chi connectivity index (χ1n) is 41.3. The summed E-state index contributed by atoms with van der Waals surface area (Å²) >= 11 is 3.27. The number of fused-ring (bicyclic) bond motifs is 10. The van der Waals surface area contributed by atoms with Gasteiger partial charge in [-0.15, -0.1) is 0 Å². The third-order valence-electron chi connectivity index (χ3n) is 21.5. The molecule has 9 heterocycles. The number of benzene rings is 10. The number of rotatable bonds is 10. The highest BCUT2D eigenvalue weighted by molar-refractivity contribution is 9.10. The molecule has 10 aromatic carbocycles. The smallest absolute Gasteiger partial charge is 0.373 e. The minimum Gasteiger partial charge on any atom is -0.508 e. The molecule has 668 valence electrons. The minimum atomic E-state index is -0.384. The Morgan fingerprint density at radius 3 is 0.733 bits per heavy atom. The molecule has 32 nitrogen and oxygen atoms in total. The number of nitrogen functional groups attached to an aromatic ring is 1. The normalized spacial score (nSPS) is 14.5. The van der Waals surface area contributed by atoms with E-state index in [0.29, 0.717) is 153 Å². The zero-order valence-electron chi connectivity index (χ0n) is 72.9. The molecule has 3 N–H and O–H groups in total. The molecule has 0 aliphatic carbocycles. The van der Waals surface area contributed by atoms with Gasteiger partial charge in [0.05, 0.1) is 107 Å². The Morgan fingerprint density at radius 1 is 0.267 bits per heavy atom. The van der Waals surface area contributed by atoms with Gasteiger partial charge in [-0.2, -0.15) is 9.59 Å². The van der Waals surface area contributed by atoms with Gasteiger partial charge in [0.2, 0.25) is 0 Å². The second-order valence-electron chi connectivity index (χ2n) is 29.5. The van der Waals surface area contributed by atoms with Crippen LogP contribution in [0.5, 0.6) is 5.75 Å². The number of halogens is 1. The van der Waals surface area contributed by atoms with E-state index in [4.69, 9.17) is 15.3 Å². The largest absolute Gasteiger partial charge is 0.508 e. The van der Waals surface area contributed by atoms with Gasteiger partial charge in [0.15, 0.2) is 0 Å². The van der Waals surface area contributed by atoms with E-state index in [9.17, 15) is 96.2 Å². The number of amides is 18. The summed E-state index contributed by atoms with van der Waals surface area (Å²) in [5.74, 6) is -4.22. The Bertz CT molecular complexity index is 5820. The van der Waals surface area contributed by atoms with Crippen LogP contribution < -0.4 is 5.73 Å². The fourth-order valence-corrected chi connectivity index (χ4v) is 15.4. The van der Waals surface area contributed by atoms with E-state index in [1.807, 2.05) is 50.2 Å². The number of aromatic hydroxyl groups is 1. The van der Waals surface area contributed by atoms with Gasteiger partial charge in [0.25, 0.3) is 106 Å². The van der Waals surface area contributed by atoms with Crippen LogP contribution >= 0.6 is 15.9 Å². The molecular formula is C98H87BrN10O22. The predicted octanol–water partition coefficient (Wildman–Crippen LogP) is 12.5. The van der Waals surface area contributed by atoms with Gasteiger partial charge >= 0.3 is 6.15 Å². The van der Waals surface area contributed by atoms with Crippen molar-refractivity contribution in [1.29, 1.82) is 0 Å². The van der Waals surface area contributed by atoms with Crippen LogP contribution in [0.4, 0.5) is 5.69 Å². The van der Waals surface area contributed by atoms with Gasteiger partial charge in [-0.1, -0.05) is 99.9 Å². The van der Waals surface area contributed by atoms with Crippen LogP contribution in [0.25, 0.3) is 10.8 Å². The monoisotopic (exact) mass is 1830 g/mol. The molecule has 0 spiro atoms. The molecule has 0 saturated heterocycles. The van der Waals surface area contributed by atoms with Crippen molar-refractivity contribution in [2.24, 2.45) is 0 Å². The molecule has 19 rings (SSSR count). The second kappa shape index (κ2) is 42.0.